The summed E-state index contributed by atoms with van der Waals surface area (Å²) in [6.07, 6.45) is 1.66. The summed E-state index contributed by atoms with van der Waals surface area (Å²) in [5.41, 5.74) is 4.26. The van der Waals surface area contributed by atoms with E-state index in [1.807, 2.05) is 18.2 Å². The Kier molecular flexibility index (Phi) is 4.17. The van der Waals surface area contributed by atoms with E-state index in [0.29, 0.717) is 0 Å². The molecule has 1 aliphatic heterocycles. The van der Waals surface area contributed by atoms with Crippen molar-refractivity contribution in [2.75, 3.05) is 36.0 Å². The predicted molar refractivity (Wildman–Crippen MR) is 115 cm³/mol. The molecule has 0 bridgehead atoms. The van der Waals surface area contributed by atoms with Crippen molar-refractivity contribution in [3.05, 3.63) is 58.3 Å². The van der Waals surface area contributed by atoms with Crippen LogP contribution < -0.4 is 9.80 Å². The molecule has 27 heavy (non-hydrogen) atoms. The van der Waals surface area contributed by atoms with Crippen LogP contribution in [0.5, 0.6) is 0 Å². The van der Waals surface area contributed by atoms with Gasteiger partial charge in [0.1, 0.15) is 17.4 Å². The number of benzene rings is 2. The second-order valence-electron chi connectivity index (χ2n) is 6.69. The normalized spacial score (nSPS) is 15.0. The Morgan fingerprint density at radius 2 is 1.67 bits per heavy atom. The molecular weight excluding hydrogens is 426 g/mol. The third-order valence-electron chi connectivity index (χ3n) is 5.09. The standard InChI is InChI=1S/C20H17BrClN5/c21-13-1-6-17-16(11-13)18-19(25-17)20(24-12-23-18)27-9-7-26(8-10-27)15-4-2-14(22)3-5-15/h1-6,11-12,25H,7-10H2. The number of nitrogens with one attached hydrogen (secondary N) is 1. The Labute approximate surface area is 170 Å². The fourth-order valence-corrected chi connectivity index (χ4v) is 4.21. The highest BCUT2D eigenvalue weighted by atomic mass is 79.9. The highest BCUT2D eigenvalue weighted by Crippen LogP contribution is 2.31. The first-order valence-corrected chi connectivity index (χ1v) is 10.0. The number of H-pyrrole nitrogens is 1. The van der Waals surface area contributed by atoms with E-state index in [0.717, 1.165) is 63.4 Å². The van der Waals surface area contributed by atoms with Crippen molar-refractivity contribution in [3.8, 4) is 0 Å². The quantitative estimate of drug-likeness (QED) is 0.482. The zero-order chi connectivity index (χ0) is 18.4. The molecule has 0 unspecified atom stereocenters. The fraction of sp³-hybridized carbons (Fsp3) is 0.200. The molecular formula is C20H17BrClN5. The monoisotopic (exact) mass is 441 g/mol. The van der Waals surface area contributed by atoms with Crippen molar-refractivity contribution in [3.63, 3.8) is 0 Å². The highest BCUT2D eigenvalue weighted by molar-refractivity contribution is 9.10. The number of aromatic amines is 1. The van der Waals surface area contributed by atoms with Crippen LogP contribution in [0.4, 0.5) is 11.5 Å². The molecule has 3 heterocycles. The lowest BCUT2D eigenvalue weighted by Crippen LogP contribution is -2.46. The van der Waals surface area contributed by atoms with Crippen molar-refractivity contribution in [1.82, 2.24) is 15.0 Å². The molecule has 1 aliphatic rings. The Morgan fingerprint density at radius 3 is 2.44 bits per heavy atom. The van der Waals surface area contributed by atoms with Crippen molar-refractivity contribution in [2.45, 2.75) is 0 Å². The molecule has 0 amide bonds. The second kappa shape index (κ2) is 6.69. The van der Waals surface area contributed by atoms with Crippen LogP contribution in [0.3, 0.4) is 0 Å². The van der Waals surface area contributed by atoms with Crippen molar-refractivity contribution in [1.29, 1.82) is 0 Å². The molecule has 0 spiro atoms. The number of aromatic nitrogens is 3. The first-order valence-electron chi connectivity index (χ1n) is 8.86. The number of rotatable bonds is 2. The van der Waals surface area contributed by atoms with Gasteiger partial charge in [-0.2, -0.15) is 0 Å². The molecule has 1 N–H and O–H groups in total. The molecule has 0 radical (unpaired) electrons. The SMILES string of the molecule is Clc1ccc(N2CCN(c3ncnc4c3[nH]c3ccc(Br)cc34)CC2)cc1. The van der Waals surface area contributed by atoms with Crippen LogP contribution in [0.15, 0.2) is 53.3 Å². The molecule has 5 nitrogen and oxygen atoms in total. The third-order valence-corrected chi connectivity index (χ3v) is 5.84. The largest absolute Gasteiger partial charge is 0.368 e. The lowest BCUT2D eigenvalue weighted by atomic mass is 10.2. The topological polar surface area (TPSA) is 48.1 Å². The average Bonchev–Trinajstić information content (AvgIpc) is 3.07. The Balaban J connectivity index is 1.45. The molecule has 0 aliphatic carbocycles. The van der Waals surface area contributed by atoms with Gasteiger partial charge in [0.15, 0.2) is 5.82 Å². The molecule has 4 aromatic rings. The minimum Gasteiger partial charge on any atom is -0.368 e. The van der Waals surface area contributed by atoms with E-state index in [1.165, 1.54) is 5.69 Å². The molecule has 1 fully saturated rings. The molecule has 0 saturated carbocycles. The summed E-state index contributed by atoms with van der Waals surface area (Å²) in [7, 11) is 0. The predicted octanol–water partition coefficient (Wildman–Crippen LogP) is 4.85. The van der Waals surface area contributed by atoms with Gasteiger partial charge in [-0.05, 0) is 42.5 Å². The smallest absolute Gasteiger partial charge is 0.156 e. The second-order valence-corrected chi connectivity index (χ2v) is 8.04. The lowest BCUT2D eigenvalue weighted by molar-refractivity contribution is 0.648. The van der Waals surface area contributed by atoms with Gasteiger partial charge in [0, 0.05) is 52.3 Å². The Bertz CT molecular complexity index is 1120. The van der Waals surface area contributed by atoms with Gasteiger partial charge in [-0.25, -0.2) is 9.97 Å². The van der Waals surface area contributed by atoms with Gasteiger partial charge in [0.05, 0.1) is 0 Å². The van der Waals surface area contributed by atoms with E-state index >= 15 is 0 Å². The van der Waals surface area contributed by atoms with Crippen LogP contribution in [-0.2, 0) is 0 Å². The van der Waals surface area contributed by atoms with Crippen molar-refractivity contribution < 1.29 is 0 Å². The number of anilines is 2. The van der Waals surface area contributed by atoms with Crippen LogP contribution in [0.25, 0.3) is 21.9 Å². The minimum atomic E-state index is 0.770. The summed E-state index contributed by atoms with van der Waals surface area (Å²) >= 11 is 9.55. The van der Waals surface area contributed by atoms with Crippen molar-refractivity contribution in [2.24, 2.45) is 0 Å². The van der Waals surface area contributed by atoms with Crippen LogP contribution >= 0.6 is 27.5 Å². The van der Waals surface area contributed by atoms with Gasteiger partial charge in [-0.15, -0.1) is 0 Å². The van der Waals surface area contributed by atoms with E-state index in [2.05, 4.69) is 64.9 Å². The number of hydrogen-bond acceptors (Lipinski definition) is 4. The third kappa shape index (κ3) is 3.03. The first-order chi connectivity index (χ1) is 13.2. The van der Waals surface area contributed by atoms with Crippen molar-refractivity contribution >= 4 is 61.0 Å². The number of hydrogen-bond donors (Lipinski definition) is 1. The zero-order valence-corrected chi connectivity index (χ0v) is 16.8. The summed E-state index contributed by atoms with van der Waals surface area (Å²) in [5.74, 6) is 0.975. The summed E-state index contributed by atoms with van der Waals surface area (Å²) in [5, 5.41) is 1.88. The van der Waals surface area contributed by atoms with E-state index in [9.17, 15) is 0 Å². The van der Waals surface area contributed by atoms with E-state index < -0.39 is 0 Å². The minimum absolute atomic E-state index is 0.770. The number of halogens is 2. The van der Waals surface area contributed by atoms with Crippen LogP contribution in [0, 0.1) is 0 Å². The zero-order valence-electron chi connectivity index (χ0n) is 14.5. The number of nitrogens with zero attached hydrogens (tertiary/aromatic N) is 4. The summed E-state index contributed by atoms with van der Waals surface area (Å²) in [6, 6.07) is 14.3. The molecule has 1 saturated heterocycles. The van der Waals surface area contributed by atoms with Crippen LogP contribution in [0.1, 0.15) is 0 Å². The molecule has 2 aromatic carbocycles. The molecule has 7 heteroatoms. The van der Waals surface area contributed by atoms with E-state index in [-0.39, 0.29) is 0 Å². The maximum atomic E-state index is 6.01. The summed E-state index contributed by atoms with van der Waals surface area (Å²) < 4.78 is 1.05. The Hall–Kier alpha value is -2.31. The maximum absolute atomic E-state index is 6.01. The van der Waals surface area contributed by atoms with Crippen LogP contribution in [-0.4, -0.2) is 41.1 Å². The van der Waals surface area contributed by atoms with E-state index in [4.69, 9.17) is 11.6 Å². The summed E-state index contributed by atoms with van der Waals surface area (Å²) in [4.78, 5) is 17.3. The van der Waals surface area contributed by atoms with Gasteiger partial charge >= 0.3 is 0 Å². The molecule has 136 valence electrons. The average molecular weight is 443 g/mol. The molecule has 2 aromatic heterocycles. The number of fused-ring (bicyclic) bond motifs is 3. The van der Waals surface area contributed by atoms with Crippen LogP contribution in [0.2, 0.25) is 5.02 Å². The van der Waals surface area contributed by atoms with Gasteiger partial charge in [0.25, 0.3) is 0 Å². The molecule has 5 rings (SSSR count). The Morgan fingerprint density at radius 1 is 0.926 bits per heavy atom. The maximum Gasteiger partial charge on any atom is 0.156 e. The first kappa shape index (κ1) is 16.8. The highest BCUT2D eigenvalue weighted by Gasteiger charge is 2.21. The van der Waals surface area contributed by atoms with Gasteiger partial charge in [0.2, 0.25) is 0 Å². The van der Waals surface area contributed by atoms with Gasteiger partial charge in [-0.1, -0.05) is 27.5 Å². The van der Waals surface area contributed by atoms with Gasteiger partial charge < -0.3 is 14.8 Å². The molecule has 0 atom stereocenters. The fourth-order valence-electron chi connectivity index (χ4n) is 3.72. The number of piperazine rings is 1. The van der Waals surface area contributed by atoms with E-state index in [1.54, 1.807) is 6.33 Å². The van der Waals surface area contributed by atoms with Gasteiger partial charge in [-0.3, -0.25) is 0 Å². The summed E-state index contributed by atoms with van der Waals surface area (Å²) in [6.45, 7) is 3.71. The lowest BCUT2D eigenvalue weighted by Gasteiger charge is -2.36.